The average Bonchev–Trinajstić information content (AvgIpc) is 2.24. The molecule has 0 heterocycles. The summed E-state index contributed by atoms with van der Waals surface area (Å²) in [6, 6.07) is 9.05. The van der Waals surface area contributed by atoms with Crippen molar-refractivity contribution in [1.29, 1.82) is 0 Å². The highest BCUT2D eigenvalue weighted by atomic mass is 19.4. The van der Waals surface area contributed by atoms with Crippen molar-refractivity contribution >= 4 is 0 Å². The van der Waals surface area contributed by atoms with E-state index in [1.807, 2.05) is 18.2 Å². The third-order valence-corrected chi connectivity index (χ3v) is 2.18. The SMILES string of the molecule is NCC(COCc1ccccc1)C(F)(F)F. The zero-order valence-electron chi connectivity index (χ0n) is 8.70. The summed E-state index contributed by atoms with van der Waals surface area (Å²) in [6.45, 7) is -0.666. The lowest BCUT2D eigenvalue weighted by Crippen LogP contribution is -2.33. The summed E-state index contributed by atoms with van der Waals surface area (Å²) < 4.78 is 41.9. The second kappa shape index (κ2) is 5.86. The highest BCUT2D eigenvalue weighted by Crippen LogP contribution is 2.25. The monoisotopic (exact) mass is 233 g/mol. The normalized spacial score (nSPS) is 13.8. The third kappa shape index (κ3) is 4.20. The van der Waals surface area contributed by atoms with E-state index >= 15 is 0 Å². The van der Waals surface area contributed by atoms with E-state index in [9.17, 15) is 13.2 Å². The standard InChI is InChI=1S/C11H14F3NO/c12-11(13,14)10(6-15)8-16-7-9-4-2-1-3-5-9/h1-5,10H,6-8,15H2. The van der Waals surface area contributed by atoms with Gasteiger partial charge < -0.3 is 10.5 Å². The van der Waals surface area contributed by atoms with Gasteiger partial charge in [0.1, 0.15) is 0 Å². The minimum atomic E-state index is -4.29. The van der Waals surface area contributed by atoms with Gasteiger partial charge in [-0.25, -0.2) is 0 Å². The fourth-order valence-electron chi connectivity index (χ4n) is 1.19. The van der Waals surface area contributed by atoms with E-state index in [4.69, 9.17) is 10.5 Å². The fraction of sp³-hybridized carbons (Fsp3) is 0.455. The van der Waals surface area contributed by atoms with Crippen molar-refractivity contribution in [1.82, 2.24) is 0 Å². The summed E-state index contributed by atoms with van der Waals surface area (Å²) in [5.74, 6) is -1.59. The van der Waals surface area contributed by atoms with Gasteiger partial charge in [0.15, 0.2) is 0 Å². The molecule has 0 aliphatic carbocycles. The Hall–Kier alpha value is -1.07. The first-order valence-electron chi connectivity index (χ1n) is 4.92. The van der Waals surface area contributed by atoms with Crippen LogP contribution in [0.15, 0.2) is 30.3 Å². The molecule has 0 saturated heterocycles. The van der Waals surface area contributed by atoms with Gasteiger partial charge >= 0.3 is 6.18 Å². The summed E-state index contributed by atoms with van der Waals surface area (Å²) in [5.41, 5.74) is 5.89. The van der Waals surface area contributed by atoms with E-state index in [0.717, 1.165) is 5.56 Å². The number of halogens is 3. The summed E-state index contributed by atoms with van der Waals surface area (Å²) in [7, 11) is 0. The minimum absolute atomic E-state index is 0.174. The van der Waals surface area contributed by atoms with Gasteiger partial charge in [-0.2, -0.15) is 13.2 Å². The van der Waals surface area contributed by atoms with Gasteiger partial charge in [-0.1, -0.05) is 30.3 Å². The summed E-state index contributed by atoms with van der Waals surface area (Å²) in [5, 5.41) is 0. The number of hydrogen-bond donors (Lipinski definition) is 1. The molecule has 0 aromatic heterocycles. The third-order valence-electron chi connectivity index (χ3n) is 2.18. The molecule has 90 valence electrons. The maximum absolute atomic E-state index is 12.3. The lowest BCUT2D eigenvalue weighted by Gasteiger charge is -2.18. The number of ether oxygens (including phenoxy) is 1. The van der Waals surface area contributed by atoms with Crippen LogP contribution in [0.5, 0.6) is 0 Å². The van der Waals surface area contributed by atoms with Crippen molar-refractivity contribution in [2.45, 2.75) is 12.8 Å². The minimum Gasteiger partial charge on any atom is -0.376 e. The van der Waals surface area contributed by atoms with Gasteiger partial charge in [-0.05, 0) is 5.56 Å². The van der Waals surface area contributed by atoms with Crippen LogP contribution < -0.4 is 5.73 Å². The lowest BCUT2D eigenvalue weighted by molar-refractivity contribution is -0.186. The molecule has 2 nitrogen and oxygen atoms in total. The molecule has 0 bridgehead atoms. The van der Waals surface area contributed by atoms with Crippen LogP contribution in [0.2, 0.25) is 0 Å². The zero-order valence-corrected chi connectivity index (χ0v) is 8.70. The Morgan fingerprint density at radius 2 is 1.81 bits per heavy atom. The van der Waals surface area contributed by atoms with E-state index in [1.54, 1.807) is 12.1 Å². The molecule has 0 aliphatic heterocycles. The average molecular weight is 233 g/mol. The van der Waals surface area contributed by atoms with Crippen LogP contribution in [-0.2, 0) is 11.3 Å². The highest BCUT2D eigenvalue weighted by Gasteiger charge is 2.38. The van der Waals surface area contributed by atoms with Gasteiger partial charge in [-0.3, -0.25) is 0 Å². The molecule has 0 aliphatic rings. The molecule has 1 aromatic rings. The first-order chi connectivity index (χ1) is 7.54. The molecule has 0 spiro atoms. The molecular weight excluding hydrogens is 219 g/mol. The summed E-state index contributed by atoms with van der Waals surface area (Å²) >= 11 is 0. The number of alkyl halides is 3. The second-order valence-electron chi connectivity index (χ2n) is 3.47. The molecule has 0 amide bonds. The number of nitrogens with two attached hydrogens (primary N) is 1. The Kier molecular flexibility index (Phi) is 4.76. The van der Waals surface area contributed by atoms with Crippen LogP contribution in [-0.4, -0.2) is 19.3 Å². The van der Waals surface area contributed by atoms with Crippen LogP contribution in [0.25, 0.3) is 0 Å². The molecule has 5 heteroatoms. The van der Waals surface area contributed by atoms with Crippen molar-refractivity contribution in [2.24, 2.45) is 11.7 Å². The predicted octanol–water partition coefficient (Wildman–Crippen LogP) is 2.34. The van der Waals surface area contributed by atoms with E-state index < -0.39 is 25.2 Å². The Morgan fingerprint density at radius 3 is 2.31 bits per heavy atom. The van der Waals surface area contributed by atoms with Crippen molar-refractivity contribution in [3.05, 3.63) is 35.9 Å². The topological polar surface area (TPSA) is 35.2 Å². The first-order valence-corrected chi connectivity index (χ1v) is 4.92. The van der Waals surface area contributed by atoms with Gasteiger partial charge in [-0.15, -0.1) is 0 Å². The van der Waals surface area contributed by atoms with Crippen molar-refractivity contribution in [2.75, 3.05) is 13.2 Å². The highest BCUT2D eigenvalue weighted by molar-refractivity contribution is 5.13. The van der Waals surface area contributed by atoms with Crippen molar-refractivity contribution in [3.63, 3.8) is 0 Å². The van der Waals surface area contributed by atoms with Crippen molar-refractivity contribution < 1.29 is 17.9 Å². The summed E-state index contributed by atoms with van der Waals surface area (Å²) in [6.07, 6.45) is -4.29. The van der Waals surface area contributed by atoms with Crippen LogP contribution in [0.4, 0.5) is 13.2 Å². The molecule has 1 atom stereocenters. The van der Waals surface area contributed by atoms with E-state index in [1.165, 1.54) is 0 Å². The Morgan fingerprint density at radius 1 is 1.19 bits per heavy atom. The summed E-state index contributed by atoms with van der Waals surface area (Å²) in [4.78, 5) is 0. The molecule has 0 radical (unpaired) electrons. The number of hydrogen-bond acceptors (Lipinski definition) is 2. The molecule has 16 heavy (non-hydrogen) atoms. The Bertz CT molecular complexity index is 300. The molecule has 0 saturated carbocycles. The van der Waals surface area contributed by atoms with Gasteiger partial charge in [0.2, 0.25) is 0 Å². The van der Waals surface area contributed by atoms with Crippen LogP contribution in [0.3, 0.4) is 0 Å². The molecule has 1 aromatic carbocycles. The fourth-order valence-corrected chi connectivity index (χ4v) is 1.19. The van der Waals surface area contributed by atoms with Crippen molar-refractivity contribution in [3.8, 4) is 0 Å². The van der Waals surface area contributed by atoms with Gasteiger partial charge in [0.25, 0.3) is 0 Å². The number of rotatable bonds is 5. The van der Waals surface area contributed by atoms with E-state index in [-0.39, 0.29) is 6.61 Å². The molecule has 1 unspecified atom stereocenters. The Balaban J connectivity index is 2.35. The van der Waals surface area contributed by atoms with Crippen LogP contribution in [0, 0.1) is 5.92 Å². The second-order valence-corrected chi connectivity index (χ2v) is 3.47. The molecule has 2 N–H and O–H groups in total. The van der Waals surface area contributed by atoms with E-state index in [2.05, 4.69) is 0 Å². The Labute approximate surface area is 92.2 Å². The van der Waals surface area contributed by atoms with Gasteiger partial charge in [0.05, 0.1) is 19.1 Å². The smallest absolute Gasteiger partial charge is 0.376 e. The maximum Gasteiger partial charge on any atom is 0.395 e. The first kappa shape index (κ1) is 13.0. The lowest BCUT2D eigenvalue weighted by atomic mass is 10.1. The number of benzene rings is 1. The van der Waals surface area contributed by atoms with Crippen LogP contribution >= 0.6 is 0 Å². The zero-order chi connectivity index (χ0) is 12.0. The molecule has 1 rings (SSSR count). The molecular formula is C11H14F3NO. The molecule has 0 fully saturated rings. The predicted molar refractivity (Wildman–Crippen MR) is 54.7 cm³/mol. The van der Waals surface area contributed by atoms with E-state index in [0.29, 0.717) is 0 Å². The van der Waals surface area contributed by atoms with Gasteiger partial charge in [0, 0.05) is 6.54 Å². The quantitative estimate of drug-likeness (QED) is 0.847. The maximum atomic E-state index is 12.3. The largest absolute Gasteiger partial charge is 0.395 e. The van der Waals surface area contributed by atoms with Crippen LogP contribution in [0.1, 0.15) is 5.56 Å².